The van der Waals surface area contributed by atoms with Crippen molar-refractivity contribution in [3.63, 3.8) is 0 Å². The first kappa shape index (κ1) is 14.9. The van der Waals surface area contributed by atoms with E-state index in [1.54, 1.807) is 0 Å². The van der Waals surface area contributed by atoms with Crippen LogP contribution in [0.1, 0.15) is 0 Å². The maximum absolute atomic E-state index is 13.1. The molecule has 3 aromatic rings. The number of thiazole rings is 1. The van der Waals surface area contributed by atoms with Gasteiger partial charge in [-0.2, -0.15) is 0 Å². The molecular formula is C14H8FN3O4S. The number of nitro benzene ring substituents is 1. The van der Waals surface area contributed by atoms with E-state index in [-0.39, 0.29) is 22.4 Å². The monoisotopic (exact) mass is 333 g/mol. The second-order valence-corrected chi connectivity index (χ2v) is 5.43. The summed E-state index contributed by atoms with van der Waals surface area (Å²) in [5.41, 5.74) is 0.452. The van der Waals surface area contributed by atoms with Gasteiger partial charge in [0.2, 0.25) is 0 Å². The van der Waals surface area contributed by atoms with Gasteiger partial charge in [-0.15, -0.1) is 0 Å². The Bertz CT molecular complexity index is 895. The molecule has 0 saturated heterocycles. The van der Waals surface area contributed by atoms with Crippen molar-refractivity contribution in [2.45, 2.75) is 0 Å². The van der Waals surface area contributed by atoms with Gasteiger partial charge in [0.25, 0.3) is 5.69 Å². The van der Waals surface area contributed by atoms with Crippen LogP contribution in [0, 0.1) is 15.9 Å². The van der Waals surface area contributed by atoms with Crippen molar-refractivity contribution in [1.29, 1.82) is 0 Å². The molecule has 0 aliphatic carbocycles. The summed E-state index contributed by atoms with van der Waals surface area (Å²) in [6.07, 6.45) is -0.793. The minimum absolute atomic E-state index is 0.106. The van der Waals surface area contributed by atoms with E-state index < -0.39 is 11.0 Å². The number of carbonyl (C=O) groups is 1. The van der Waals surface area contributed by atoms with Crippen LogP contribution >= 0.6 is 11.3 Å². The van der Waals surface area contributed by atoms with E-state index >= 15 is 0 Å². The van der Waals surface area contributed by atoms with Crippen molar-refractivity contribution in [1.82, 2.24) is 4.98 Å². The summed E-state index contributed by atoms with van der Waals surface area (Å²) in [5, 5.41) is 13.2. The second kappa shape index (κ2) is 5.97. The number of rotatable bonds is 3. The number of carbonyl (C=O) groups excluding carboxylic acids is 1. The normalized spacial score (nSPS) is 10.5. The highest BCUT2D eigenvalue weighted by atomic mass is 32.1. The Morgan fingerprint density at radius 2 is 2.00 bits per heavy atom. The molecular weight excluding hydrogens is 325 g/mol. The molecule has 0 unspecified atom stereocenters. The van der Waals surface area contributed by atoms with Crippen LogP contribution in [-0.4, -0.2) is 16.0 Å². The molecule has 9 heteroatoms. The first-order chi connectivity index (χ1) is 11.0. The molecule has 0 fully saturated rings. The van der Waals surface area contributed by atoms with Crippen LogP contribution in [0.5, 0.6) is 5.75 Å². The lowest BCUT2D eigenvalue weighted by molar-refractivity contribution is -0.384. The quantitative estimate of drug-likeness (QED) is 0.578. The smallest absolute Gasteiger partial charge is 0.410 e. The van der Waals surface area contributed by atoms with Crippen molar-refractivity contribution in [2.75, 3.05) is 5.32 Å². The number of nitrogens with zero attached hydrogens (tertiary/aromatic N) is 2. The average Bonchev–Trinajstić information content (AvgIpc) is 2.88. The molecule has 0 radical (unpaired) electrons. The molecule has 23 heavy (non-hydrogen) atoms. The van der Waals surface area contributed by atoms with Gasteiger partial charge >= 0.3 is 6.09 Å². The van der Waals surface area contributed by atoms with Crippen LogP contribution in [0.3, 0.4) is 0 Å². The van der Waals surface area contributed by atoms with Gasteiger partial charge in [0.05, 0.1) is 15.1 Å². The molecule has 1 heterocycles. The third kappa shape index (κ3) is 3.40. The van der Waals surface area contributed by atoms with Gasteiger partial charge in [-0.25, -0.2) is 14.2 Å². The molecule has 7 nitrogen and oxygen atoms in total. The van der Waals surface area contributed by atoms with Gasteiger partial charge in [-0.05, 0) is 30.3 Å². The van der Waals surface area contributed by atoms with Crippen LogP contribution in [-0.2, 0) is 0 Å². The number of halogens is 1. The Balaban J connectivity index is 1.69. The largest absolute Gasteiger partial charge is 0.418 e. The summed E-state index contributed by atoms with van der Waals surface area (Å²) in [6, 6.07) is 9.18. The van der Waals surface area contributed by atoms with Crippen molar-refractivity contribution in [3.05, 3.63) is 58.4 Å². The van der Waals surface area contributed by atoms with Gasteiger partial charge in [0.1, 0.15) is 11.6 Å². The molecule has 0 bridgehead atoms. The number of anilines is 1. The predicted molar refractivity (Wildman–Crippen MR) is 82.3 cm³/mol. The lowest BCUT2D eigenvalue weighted by atomic mass is 10.3. The number of fused-ring (bicyclic) bond motifs is 1. The minimum atomic E-state index is -0.793. The molecule has 3 rings (SSSR count). The number of hydrogen-bond acceptors (Lipinski definition) is 6. The van der Waals surface area contributed by atoms with Gasteiger partial charge < -0.3 is 4.74 Å². The van der Waals surface area contributed by atoms with Gasteiger partial charge in [-0.3, -0.25) is 15.4 Å². The summed E-state index contributed by atoms with van der Waals surface area (Å²) < 4.78 is 18.7. The van der Waals surface area contributed by atoms with Crippen LogP contribution < -0.4 is 10.1 Å². The van der Waals surface area contributed by atoms with Crippen LogP contribution in [0.4, 0.5) is 20.0 Å². The predicted octanol–water partition coefficient (Wildman–Crippen LogP) is 3.95. The fraction of sp³-hybridized carbons (Fsp3) is 0. The molecule has 2 aromatic carbocycles. The Hall–Kier alpha value is -3.07. The van der Waals surface area contributed by atoms with Crippen molar-refractivity contribution >= 4 is 38.5 Å². The highest BCUT2D eigenvalue weighted by Crippen LogP contribution is 2.26. The lowest BCUT2D eigenvalue weighted by Gasteiger charge is -2.03. The van der Waals surface area contributed by atoms with Crippen molar-refractivity contribution < 1.29 is 18.8 Å². The Morgan fingerprint density at radius 1 is 1.26 bits per heavy atom. The summed E-state index contributed by atoms with van der Waals surface area (Å²) in [7, 11) is 0. The molecule has 1 amide bonds. The Labute approximate surface area is 132 Å². The highest BCUT2D eigenvalue weighted by Gasteiger charge is 2.11. The third-order valence-corrected chi connectivity index (χ3v) is 3.75. The lowest BCUT2D eigenvalue weighted by Crippen LogP contribution is -2.16. The summed E-state index contributed by atoms with van der Waals surface area (Å²) >= 11 is 1.10. The maximum Gasteiger partial charge on any atom is 0.418 e. The van der Waals surface area contributed by atoms with Gasteiger partial charge in [-0.1, -0.05) is 11.3 Å². The molecule has 0 spiro atoms. The minimum Gasteiger partial charge on any atom is -0.410 e. The van der Waals surface area contributed by atoms with E-state index in [0.29, 0.717) is 10.2 Å². The Morgan fingerprint density at radius 3 is 2.70 bits per heavy atom. The number of ether oxygens (including phenoxy) is 1. The zero-order valence-electron chi connectivity index (χ0n) is 11.4. The van der Waals surface area contributed by atoms with Crippen LogP contribution in [0.2, 0.25) is 0 Å². The van der Waals surface area contributed by atoms with Gasteiger partial charge in [0.15, 0.2) is 5.13 Å². The molecule has 1 aromatic heterocycles. The van der Waals surface area contributed by atoms with E-state index in [1.165, 1.54) is 42.5 Å². The van der Waals surface area contributed by atoms with E-state index in [2.05, 4.69) is 10.3 Å². The van der Waals surface area contributed by atoms with E-state index in [0.717, 1.165) is 11.3 Å². The Kier molecular flexibility index (Phi) is 3.85. The first-order valence-corrected chi connectivity index (χ1v) is 7.12. The number of nitro groups is 1. The van der Waals surface area contributed by atoms with Crippen molar-refractivity contribution in [2.24, 2.45) is 0 Å². The molecule has 0 atom stereocenters. The third-order valence-electron chi connectivity index (χ3n) is 2.82. The fourth-order valence-electron chi connectivity index (χ4n) is 1.81. The van der Waals surface area contributed by atoms with Gasteiger partial charge in [0, 0.05) is 12.1 Å². The number of hydrogen-bond donors (Lipinski definition) is 1. The first-order valence-electron chi connectivity index (χ1n) is 6.30. The van der Waals surface area contributed by atoms with Crippen molar-refractivity contribution in [3.8, 4) is 5.75 Å². The SMILES string of the molecule is O=C(Nc1nc2ccc(F)cc2s1)Oc1ccc([N+](=O)[O-])cc1. The molecule has 0 aliphatic heterocycles. The fourth-order valence-corrected chi connectivity index (χ4v) is 2.68. The van der Waals surface area contributed by atoms with E-state index in [9.17, 15) is 19.3 Å². The number of benzene rings is 2. The highest BCUT2D eigenvalue weighted by molar-refractivity contribution is 7.22. The topological polar surface area (TPSA) is 94.4 Å². The van der Waals surface area contributed by atoms with E-state index in [1.807, 2.05) is 0 Å². The average molecular weight is 333 g/mol. The number of amides is 1. The molecule has 116 valence electrons. The zero-order chi connectivity index (χ0) is 16.4. The van der Waals surface area contributed by atoms with Crippen LogP contribution in [0.15, 0.2) is 42.5 Å². The zero-order valence-corrected chi connectivity index (χ0v) is 12.2. The number of aromatic nitrogens is 1. The summed E-state index contributed by atoms with van der Waals surface area (Å²) in [6.45, 7) is 0. The standard InChI is InChI=1S/C14H8FN3O4S/c15-8-1-6-11-12(7-8)23-13(16-11)17-14(19)22-10-4-2-9(3-5-10)18(20)21/h1-7H,(H,16,17,19). The summed E-state index contributed by atoms with van der Waals surface area (Å²) in [5.74, 6) is -0.235. The van der Waals surface area contributed by atoms with Crippen LogP contribution in [0.25, 0.3) is 10.2 Å². The molecule has 0 aliphatic rings. The molecule has 0 saturated carbocycles. The summed E-state index contributed by atoms with van der Waals surface area (Å²) in [4.78, 5) is 25.9. The molecule has 1 N–H and O–H groups in total. The van der Waals surface area contributed by atoms with E-state index in [4.69, 9.17) is 4.74 Å². The number of non-ortho nitro benzene ring substituents is 1. The second-order valence-electron chi connectivity index (χ2n) is 4.40. The maximum atomic E-state index is 13.1. The number of nitrogens with one attached hydrogen (secondary N) is 1.